The van der Waals surface area contributed by atoms with Crippen molar-refractivity contribution in [2.24, 2.45) is 0 Å². The van der Waals surface area contributed by atoms with E-state index in [1.165, 1.54) is 22.0 Å². The molecule has 2 heterocycles. The van der Waals surface area contributed by atoms with Crippen LogP contribution in [0.25, 0.3) is 0 Å². The molecule has 0 saturated carbocycles. The molecule has 2 rings (SSSR count). The molecule has 0 aliphatic carbocycles. The Labute approximate surface area is 74.5 Å². The Balaban J connectivity index is 2.38. The molecule has 0 atom stereocenters. The SMILES string of the molecule is CSc1n[nH]c2c1CSCC2. The summed E-state index contributed by atoms with van der Waals surface area (Å²) in [6.07, 6.45) is 3.24. The molecule has 1 aromatic heterocycles. The van der Waals surface area contributed by atoms with E-state index >= 15 is 0 Å². The van der Waals surface area contributed by atoms with Crippen LogP contribution in [0.5, 0.6) is 0 Å². The van der Waals surface area contributed by atoms with Crippen molar-refractivity contribution >= 4 is 23.5 Å². The monoisotopic (exact) mass is 186 g/mol. The van der Waals surface area contributed by atoms with Crippen molar-refractivity contribution in [3.05, 3.63) is 11.3 Å². The standard InChI is InChI=1S/C7H10N2S2/c1-10-7-5-4-11-3-2-6(5)8-9-7/h2-4H2,1H3,(H,8,9). The van der Waals surface area contributed by atoms with Gasteiger partial charge in [-0.3, -0.25) is 5.10 Å². The first kappa shape index (κ1) is 7.55. The molecule has 0 spiro atoms. The molecular formula is C7H10N2S2. The van der Waals surface area contributed by atoms with Crippen molar-refractivity contribution in [3.8, 4) is 0 Å². The predicted molar refractivity (Wildman–Crippen MR) is 50.2 cm³/mol. The highest BCUT2D eigenvalue weighted by molar-refractivity contribution is 7.99. The summed E-state index contributed by atoms with van der Waals surface area (Å²) < 4.78 is 0. The molecule has 0 radical (unpaired) electrons. The number of hydrogen-bond acceptors (Lipinski definition) is 3. The zero-order chi connectivity index (χ0) is 7.68. The lowest BCUT2D eigenvalue weighted by atomic mass is 10.2. The molecule has 4 heteroatoms. The van der Waals surface area contributed by atoms with Gasteiger partial charge >= 0.3 is 0 Å². The highest BCUT2D eigenvalue weighted by Crippen LogP contribution is 2.29. The van der Waals surface area contributed by atoms with Gasteiger partial charge in [-0.05, 0) is 18.4 Å². The number of rotatable bonds is 1. The van der Waals surface area contributed by atoms with Crippen molar-refractivity contribution in [2.45, 2.75) is 17.2 Å². The average Bonchev–Trinajstić information content (AvgIpc) is 2.47. The molecule has 0 aromatic carbocycles. The number of nitrogens with one attached hydrogen (secondary N) is 1. The van der Waals surface area contributed by atoms with Crippen molar-refractivity contribution in [2.75, 3.05) is 12.0 Å². The van der Waals surface area contributed by atoms with Crippen LogP contribution >= 0.6 is 23.5 Å². The van der Waals surface area contributed by atoms with Gasteiger partial charge < -0.3 is 0 Å². The van der Waals surface area contributed by atoms with E-state index in [-0.39, 0.29) is 0 Å². The molecule has 2 nitrogen and oxygen atoms in total. The largest absolute Gasteiger partial charge is 0.281 e. The third-order valence-electron chi connectivity index (χ3n) is 1.85. The molecule has 0 fully saturated rings. The van der Waals surface area contributed by atoms with Crippen LogP contribution < -0.4 is 0 Å². The van der Waals surface area contributed by atoms with Crippen LogP contribution in [0.15, 0.2) is 5.03 Å². The van der Waals surface area contributed by atoms with Gasteiger partial charge in [0.2, 0.25) is 0 Å². The number of aromatic amines is 1. The topological polar surface area (TPSA) is 28.7 Å². The summed E-state index contributed by atoms with van der Waals surface area (Å²) in [6, 6.07) is 0. The van der Waals surface area contributed by atoms with E-state index in [2.05, 4.69) is 16.5 Å². The van der Waals surface area contributed by atoms with Crippen LogP contribution in [0, 0.1) is 0 Å². The third kappa shape index (κ3) is 1.29. The van der Waals surface area contributed by atoms with E-state index in [0.29, 0.717) is 0 Å². The first-order valence-corrected chi connectivity index (χ1v) is 5.97. The molecule has 0 saturated heterocycles. The molecule has 1 aromatic rings. The summed E-state index contributed by atoms with van der Waals surface area (Å²) in [4.78, 5) is 0. The molecule has 1 aliphatic rings. The Morgan fingerprint density at radius 2 is 2.55 bits per heavy atom. The highest BCUT2D eigenvalue weighted by Gasteiger charge is 2.15. The Morgan fingerprint density at radius 3 is 3.36 bits per heavy atom. The first-order chi connectivity index (χ1) is 5.42. The minimum atomic E-state index is 1.14. The number of H-pyrrole nitrogens is 1. The highest BCUT2D eigenvalue weighted by atomic mass is 32.2. The maximum atomic E-state index is 4.24. The fourth-order valence-corrected chi connectivity index (χ4v) is 2.93. The molecule has 0 bridgehead atoms. The molecule has 1 N–H and O–H groups in total. The summed E-state index contributed by atoms with van der Waals surface area (Å²) in [5, 5.41) is 8.52. The second kappa shape index (κ2) is 3.11. The second-order valence-electron chi connectivity index (χ2n) is 2.49. The zero-order valence-electron chi connectivity index (χ0n) is 6.39. The predicted octanol–water partition coefficient (Wildman–Crippen LogP) is 1.92. The molecule has 0 amide bonds. The molecule has 0 unspecified atom stereocenters. The summed E-state index contributed by atoms with van der Waals surface area (Å²) in [7, 11) is 0. The molecule has 11 heavy (non-hydrogen) atoms. The van der Waals surface area contributed by atoms with Gasteiger partial charge in [0.1, 0.15) is 5.03 Å². The minimum Gasteiger partial charge on any atom is -0.281 e. The van der Waals surface area contributed by atoms with Crippen LogP contribution in [0.4, 0.5) is 0 Å². The van der Waals surface area contributed by atoms with E-state index in [1.807, 2.05) is 11.8 Å². The van der Waals surface area contributed by atoms with Gasteiger partial charge in [0, 0.05) is 17.0 Å². The van der Waals surface area contributed by atoms with E-state index in [0.717, 1.165) is 12.2 Å². The first-order valence-electron chi connectivity index (χ1n) is 3.59. The maximum absolute atomic E-state index is 4.24. The second-order valence-corrected chi connectivity index (χ2v) is 4.39. The van der Waals surface area contributed by atoms with Crippen LogP contribution in [-0.2, 0) is 12.2 Å². The van der Waals surface area contributed by atoms with Gasteiger partial charge in [-0.15, -0.1) is 11.8 Å². The third-order valence-corrected chi connectivity index (χ3v) is 3.56. The fourth-order valence-electron chi connectivity index (χ4n) is 1.26. The minimum absolute atomic E-state index is 1.14. The summed E-state index contributed by atoms with van der Waals surface area (Å²) in [5.74, 6) is 2.38. The summed E-state index contributed by atoms with van der Waals surface area (Å²) in [5.41, 5.74) is 2.79. The van der Waals surface area contributed by atoms with Gasteiger partial charge in [0.25, 0.3) is 0 Å². The van der Waals surface area contributed by atoms with Crippen LogP contribution in [0.1, 0.15) is 11.3 Å². The Hall–Kier alpha value is -0.0900. The van der Waals surface area contributed by atoms with Crippen molar-refractivity contribution in [1.82, 2.24) is 10.2 Å². The van der Waals surface area contributed by atoms with Gasteiger partial charge in [0.05, 0.1) is 0 Å². The Morgan fingerprint density at radius 1 is 1.64 bits per heavy atom. The van der Waals surface area contributed by atoms with Crippen molar-refractivity contribution < 1.29 is 0 Å². The van der Waals surface area contributed by atoms with E-state index in [1.54, 1.807) is 11.8 Å². The normalized spacial score (nSPS) is 16.5. The van der Waals surface area contributed by atoms with Gasteiger partial charge in [-0.2, -0.15) is 16.9 Å². The fraction of sp³-hybridized carbons (Fsp3) is 0.571. The van der Waals surface area contributed by atoms with Crippen LogP contribution in [-0.4, -0.2) is 22.2 Å². The number of nitrogens with zero attached hydrogens (tertiary/aromatic N) is 1. The van der Waals surface area contributed by atoms with Crippen molar-refractivity contribution in [1.29, 1.82) is 0 Å². The Kier molecular flexibility index (Phi) is 2.13. The quantitative estimate of drug-likeness (QED) is 0.679. The van der Waals surface area contributed by atoms with Gasteiger partial charge in [-0.1, -0.05) is 0 Å². The average molecular weight is 186 g/mol. The zero-order valence-corrected chi connectivity index (χ0v) is 8.02. The number of aryl methyl sites for hydroxylation is 1. The lowest BCUT2D eigenvalue weighted by molar-refractivity contribution is 0.946. The molecule has 60 valence electrons. The maximum Gasteiger partial charge on any atom is 0.122 e. The van der Waals surface area contributed by atoms with Gasteiger partial charge in [-0.25, -0.2) is 0 Å². The number of fused-ring (bicyclic) bond motifs is 1. The lowest BCUT2D eigenvalue weighted by Crippen LogP contribution is -2.00. The smallest absolute Gasteiger partial charge is 0.122 e. The Bertz CT molecular complexity index is 243. The molecule has 1 aliphatic heterocycles. The van der Waals surface area contributed by atoms with E-state index < -0.39 is 0 Å². The lowest BCUT2D eigenvalue weighted by Gasteiger charge is -2.09. The van der Waals surface area contributed by atoms with Gasteiger partial charge in [0.15, 0.2) is 0 Å². The van der Waals surface area contributed by atoms with Crippen molar-refractivity contribution in [3.63, 3.8) is 0 Å². The van der Waals surface area contributed by atoms with E-state index in [4.69, 9.17) is 0 Å². The summed E-state index contributed by atoms with van der Waals surface area (Å²) >= 11 is 3.73. The molecular weight excluding hydrogens is 176 g/mol. The summed E-state index contributed by atoms with van der Waals surface area (Å²) in [6.45, 7) is 0. The number of thioether (sulfide) groups is 2. The van der Waals surface area contributed by atoms with E-state index in [9.17, 15) is 0 Å². The van der Waals surface area contributed by atoms with Crippen LogP contribution in [0.2, 0.25) is 0 Å². The van der Waals surface area contributed by atoms with Crippen LogP contribution in [0.3, 0.4) is 0 Å². The number of hydrogen-bond donors (Lipinski definition) is 1. The number of aromatic nitrogens is 2.